The van der Waals surface area contributed by atoms with E-state index < -0.39 is 12.0 Å². The third-order valence-corrected chi connectivity index (χ3v) is 5.14. The molecule has 154 valence electrons. The van der Waals surface area contributed by atoms with Crippen LogP contribution in [0.25, 0.3) is 0 Å². The fourth-order valence-corrected chi connectivity index (χ4v) is 3.30. The van der Waals surface area contributed by atoms with Crippen LogP contribution in [0.5, 0.6) is 0 Å². The lowest BCUT2D eigenvalue weighted by Crippen LogP contribution is -2.33. The normalized spacial score (nSPS) is 13.2. The summed E-state index contributed by atoms with van der Waals surface area (Å²) in [7, 11) is 0. The Balaban J connectivity index is 2.02. The van der Waals surface area contributed by atoms with Gasteiger partial charge >= 0.3 is 6.18 Å². The average molecular weight is 415 g/mol. The van der Waals surface area contributed by atoms with Crippen LogP contribution < -0.4 is 11.2 Å². The Labute approximate surface area is 166 Å². The minimum absolute atomic E-state index is 0.125. The van der Waals surface area contributed by atoms with Crippen LogP contribution in [0.15, 0.2) is 29.4 Å². The quantitative estimate of drug-likeness (QED) is 0.532. The molecule has 0 saturated carbocycles. The maximum atomic E-state index is 12.7. The molecule has 1 atom stereocenters. The predicted octanol–water partition coefficient (Wildman–Crippen LogP) is 3.74. The number of benzene rings is 1. The largest absolute Gasteiger partial charge is 0.453 e. The molecule has 1 aromatic heterocycles. The number of nitrogens with zero attached hydrogens (tertiary/aromatic N) is 3. The topological polar surface area (TPSA) is 85.8 Å². The number of nitrogens with one attached hydrogen (secondary N) is 1. The van der Waals surface area contributed by atoms with E-state index >= 15 is 0 Å². The molecule has 2 aromatic rings. The Bertz CT molecular complexity index is 803. The number of nitrogen functional groups attached to an aromatic ring is 1. The van der Waals surface area contributed by atoms with Crippen molar-refractivity contribution in [1.82, 2.24) is 20.2 Å². The molecule has 1 amide bonds. The van der Waals surface area contributed by atoms with Crippen molar-refractivity contribution in [3.05, 3.63) is 41.2 Å². The number of thioether (sulfide) groups is 1. The zero-order valence-corrected chi connectivity index (χ0v) is 16.9. The van der Waals surface area contributed by atoms with Crippen LogP contribution in [0.4, 0.5) is 13.2 Å². The number of alkyl halides is 3. The highest BCUT2D eigenvalue weighted by molar-refractivity contribution is 7.99. The fraction of sp³-hybridized carbons (Fsp3) is 0.500. The summed E-state index contributed by atoms with van der Waals surface area (Å²) < 4.78 is 38.4. The highest BCUT2D eigenvalue weighted by atomic mass is 32.2. The smallest absolute Gasteiger partial charge is 0.348 e. The van der Waals surface area contributed by atoms with Crippen molar-refractivity contribution >= 4 is 17.7 Å². The zero-order chi connectivity index (χ0) is 21.1. The molecule has 0 spiro atoms. The van der Waals surface area contributed by atoms with E-state index in [-0.39, 0.29) is 28.8 Å². The van der Waals surface area contributed by atoms with Crippen LogP contribution in [0, 0.1) is 5.92 Å². The van der Waals surface area contributed by atoms with Gasteiger partial charge in [0.15, 0.2) is 0 Å². The summed E-state index contributed by atoms with van der Waals surface area (Å²) >= 11 is 0.800. The Morgan fingerprint density at radius 2 is 1.71 bits per heavy atom. The lowest BCUT2D eigenvalue weighted by Gasteiger charge is -2.23. The second-order valence-electron chi connectivity index (χ2n) is 7.07. The van der Waals surface area contributed by atoms with Gasteiger partial charge in [-0.3, -0.25) is 4.79 Å². The monoisotopic (exact) mass is 415 g/mol. The second-order valence-corrected chi connectivity index (χ2v) is 8.02. The number of carbonyl (C=O) groups excluding carboxylic acids is 1. The first-order valence-corrected chi connectivity index (χ1v) is 9.79. The van der Waals surface area contributed by atoms with E-state index in [4.69, 9.17) is 5.84 Å². The molecule has 10 heteroatoms. The number of rotatable bonds is 7. The van der Waals surface area contributed by atoms with Crippen LogP contribution in [0.2, 0.25) is 0 Å². The molecule has 6 nitrogen and oxygen atoms in total. The van der Waals surface area contributed by atoms with Gasteiger partial charge in [0.05, 0.1) is 11.8 Å². The van der Waals surface area contributed by atoms with E-state index in [1.807, 2.05) is 38.1 Å². The van der Waals surface area contributed by atoms with Gasteiger partial charge in [-0.25, -0.2) is 4.68 Å². The number of aromatic nitrogens is 3. The van der Waals surface area contributed by atoms with Gasteiger partial charge in [-0.15, -0.1) is 10.2 Å². The lowest BCUT2D eigenvalue weighted by molar-refractivity contribution is -0.146. The van der Waals surface area contributed by atoms with E-state index in [1.54, 1.807) is 0 Å². The molecular weight excluding hydrogens is 391 g/mol. The summed E-state index contributed by atoms with van der Waals surface area (Å²) in [5.74, 6) is 4.16. The molecule has 0 radical (unpaired) electrons. The van der Waals surface area contributed by atoms with Crippen LogP contribution in [0.1, 0.15) is 56.6 Å². The molecule has 0 aliphatic carbocycles. The molecule has 1 aromatic carbocycles. The Hall–Kier alpha value is -2.23. The predicted molar refractivity (Wildman–Crippen MR) is 102 cm³/mol. The first kappa shape index (κ1) is 22.1. The van der Waals surface area contributed by atoms with Crippen molar-refractivity contribution in [2.75, 3.05) is 11.6 Å². The van der Waals surface area contributed by atoms with Gasteiger partial charge in [0.25, 0.3) is 5.82 Å². The van der Waals surface area contributed by atoms with Crippen molar-refractivity contribution in [2.45, 2.75) is 51.0 Å². The van der Waals surface area contributed by atoms with E-state index in [0.29, 0.717) is 10.6 Å². The van der Waals surface area contributed by atoms with Crippen molar-refractivity contribution < 1.29 is 18.0 Å². The van der Waals surface area contributed by atoms with Crippen LogP contribution >= 0.6 is 11.8 Å². The third kappa shape index (κ3) is 5.40. The highest BCUT2D eigenvalue weighted by Gasteiger charge is 2.38. The first-order valence-electron chi connectivity index (χ1n) is 8.80. The standard InChI is InChI=1S/C18H24F3N5OS/c1-10(2)12-5-7-13(8-6-12)15(11(3)4)23-14(27)9-28-17-25-24-16(26(17)22)18(19,20)21/h5-8,10-11,15H,9,22H2,1-4H3,(H,23,27)/t15-/m1/s1. The number of halogens is 3. The van der Waals surface area contributed by atoms with E-state index in [9.17, 15) is 18.0 Å². The summed E-state index contributed by atoms with van der Waals surface area (Å²) in [6.07, 6.45) is -4.70. The lowest BCUT2D eigenvalue weighted by atomic mass is 9.93. The molecule has 0 saturated heterocycles. The number of nitrogens with two attached hydrogens (primary N) is 1. The summed E-state index contributed by atoms with van der Waals surface area (Å²) in [5, 5.41) is 9.19. The Morgan fingerprint density at radius 1 is 1.14 bits per heavy atom. The molecule has 0 fully saturated rings. The Kier molecular flexibility index (Phi) is 6.97. The fourth-order valence-electron chi connectivity index (χ4n) is 2.64. The van der Waals surface area contributed by atoms with Gasteiger partial charge in [0, 0.05) is 0 Å². The molecular formula is C18H24F3N5OS. The molecule has 1 heterocycles. The van der Waals surface area contributed by atoms with Crippen molar-refractivity contribution in [1.29, 1.82) is 0 Å². The molecule has 0 bridgehead atoms. The van der Waals surface area contributed by atoms with E-state index in [0.717, 1.165) is 17.3 Å². The number of hydrogen-bond donors (Lipinski definition) is 2. The summed E-state index contributed by atoms with van der Waals surface area (Å²) in [4.78, 5) is 12.3. The minimum Gasteiger partial charge on any atom is -0.348 e. The van der Waals surface area contributed by atoms with Gasteiger partial charge in [0.1, 0.15) is 0 Å². The maximum absolute atomic E-state index is 12.7. The number of carbonyl (C=O) groups is 1. The molecule has 0 aliphatic rings. The van der Waals surface area contributed by atoms with Crippen molar-refractivity contribution in [3.63, 3.8) is 0 Å². The SMILES string of the molecule is CC(C)c1ccc([C@H](NC(=O)CSc2nnc(C(F)(F)F)n2N)C(C)C)cc1. The van der Waals surface area contributed by atoms with Crippen molar-refractivity contribution in [2.24, 2.45) is 5.92 Å². The van der Waals surface area contributed by atoms with Crippen LogP contribution in [0.3, 0.4) is 0 Å². The molecule has 0 aliphatic heterocycles. The number of hydrogen-bond acceptors (Lipinski definition) is 5. The summed E-state index contributed by atoms with van der Waals surface area (Å²) in [6, 6.07) is 7.83. The highest BCUT2D eigenvalue weighted by Crippen LogP contribution is 2.29. The summed E-state index contributed by atoms with van der Waals surface area (Å²) in [5.41, 5.74) is 2.18. The van der Waals surface area contributed by atoms with Crippen LogP contribution in [-0.4, -0.2) is 26.5 Å². The van der Waals surface area contributed by atoms with Gasteiger partial charge in [-0.1, -0.05) is 63.7 Å². The minimum atomic E-state index is -4.70. The van der Waals surface area contributed by atoms with Gasteiger partial charge in [-0.2, -0.15) is 13.2 Å². The molecule has 3 N–H and O–H groups in total. The second kappa shape index (κ2) is 8.85. The van der Waals surface area contributed by atoms with E-state index in [2.05, 4.69) is 29.4 Å². The number of amides is 1. The van der Waals surface area contributed by atoms with Gasteiger partial charge < -0.3 is 11.2 Å². The molecule has 0 unspecified atom stereocenters. The van der Waals surface area contributed by atoms with E-state index in [1.165, 1.54) is 5.56 Å². The third-order valence-electron chi connectivity index (χ3n) is 4.20. The average Bonchev–Trinajstić information content (AvgIpc) is 2.98. The first-order chi connectivity index (χ1) is 13.0. The molecule has 2 rings (SSSR count). The summed E-state index contributed by atoms with van der Waals surface area (Å²) in [6.45, 7) is 8.18. The maximum Gasteiger partial charge on any atom is 0.453 e. The van der Waals surface area contributed by atoms with Crippen LogP contribution in [-0.2, 0) is 11.0 Å². The zero-order valence-electron chi connectivity index (χ0n) is 16.1. The molecule has 28 heavy (non-hydrogen) atoms. The van der Waals surface area contributed by atoms with Gasteiger partial charge in [0.2, 0.25) is 11.1 Å². The van der Waals surface area contributed by atoms with Crippen molar-refractivity contribution in [3.8, 4) is 0 Å². The Morgan fingerprint density at radius 3 is 2.18 bits per heavy atom. The van der Waals surface area contributed by atoms with Gasteiger partial charge in [-0.05, 0) is 23.0 Å².